The van der Waals surface area contributed by atoms with E-state index in [0.717, 1.165) is 5.56 Å². The Bertz CT molecular complexity index is 909. The number of amides is 1. The Balaban J connectivity index is 1.68. The van der Waals surface area contributed by atoms with Gasteiger partial charge in [0.2, 0.25) is 0 Å². The maximum Gasteiger partial charge on any atom is 0.256 e. The van der Waals surface area contributed by atoms with Gasteiger partial charge >= 0.3 is 0 Å². The first-order valence-corrected chi connectivity index (χ1v) is 8.18. The lowest BCUT2D eigenvalue weighted by Gasteiger charge is -2.09. The third-order valence-corrected chi connectivity index (χ3v) is 3.89. The van der Waals surface area contributed by atoms with Crippen molar-refractivity contribution >= 4 is 34.9 Å². The van der Waals surface area contributed by atoms with Crippen LogP contribution in [0.1, 0.15) is 21.7 Å². The van der Waals surface area contributed by atoms with Gasteiger partial charge in [0.1, 0.15) is 18.1 Å². The summed E-state index contributed by atoms with van der Waals surface area (Å²) in [6, 6.07) is 13.7. The van der Waals surface area contributed by atoms with Gasteiger partial charge in [0.25, 0.3) is 5.91 Å². The zero-order valence-electron chi connectivity index (χ0n) is 13.3. The van der Waals surface area contributed by atoms with Crippen molar-refractivity contribution in [3.8, 4) is 5.75 Å². The van der Waals surface area contributed by atoms with E-state index >= 15 is 0 Å². The zero-order valence-corrected chi connectivity index (χ0v) is 14.8. The van der Waals surface area contributed by atoms with E-state index in [1.807, 2.05) is 6.07 Å². The molecule has 128 valence electrons. The van der Waals surface area contributed by atoms with Crippen LogP contribution < -0.4 is 10.1 Å². The van der Waals surface area contributed by atoms with Gasteiger partial charge in [-0.2, -0.15) is 0 Å². The van der Waals surface area contributed by atoms with Gasteiger partial charge in [-0.15, -0.1) is 0 Å². The molecule has 0 atom stereocenters. The van der Waals surface area contributed by atoms with Crippen LogP contribution in [-0.4, -0.2) is 11.1 Å². The van der Waals surface area contributed by atoms with Crippen molar-refractivity contribution in [1.82, 2.24) is 5.16 Å². The van der Waals surface area contributed by atoms with Gasteiger partial charge in [-0.25, -0.2) is 0 Å². The summed E-state index contributed by atoms with van der Waals surface area (Å²) in [5.74, 6) is 1.20. The zero-order chi connectivity index (χ0) is 17.8. The molecule has 0 saturated carbocycles. The van der Waals surface area contributed by atoms with Crippen molar-refractivity contribution in [3.05, 3.63) is 75.5 Å². The first kappa shape index (κ1) is 17.3. The Labute approximate surface area is 154 Å². The molecule has 0 aliphatic carbocycles. The van der Waals surface area contributed by atoms with Gasteiger partial charge in [0.05, 0.1) is 5.02 Å². The molecule has 0 aliphatic heterocycles. The highest BCUT2D eigenvalue weighted by atomic mass is 35.5. The normalized spacial score (nSPS) is 10.5. The van der Waals surface area contributed by atoms with Crippen molar-refractivity contribution in [2.45, 2.75) is 13.5 Å². The van der Waals surface area contributed by atoms with Crippen molar-refractivity contribution < 1.29 is 14.1 Å². The number of halogens is 2. The Kier molecular flexibility index (Phi) is 5.26. The smallest absolute Gasteiger partial charge is 0.256 e. The van der Waals surface area contributed by atoms with Gasteiger partial charge in [0, 0.05) is 22.7 Å². The fourth-order valence-corrected chi connectivity index (χ4v) is 2.50. The van der Waals surface area contributed by atoms with Crippen molar-refractivity contribution in [2.75, 3.05) is 5.32 Å². The van der Waals surface area contributed by atoms with E-state index in [4.69, 9.17) is 32.5 Å². The Morgan fingerprint density at radius 1 is 1.20 bits per heavy atom. The minimum atomic E-state index is -0.282. The quantitative estimate of drug-likeness (QED) is 0.670. The number of carbonyl (C=O) groups excluding carboxylic acids is 1. The molecular formula is C18H14Cl2N2O3. The van der Waals surface area contributed by atoms with E-state index in [2.05, 4.69) is 10.5 Å². The molecular weight excluding hydrogens is 363 g/mol. The van der Waals surface area contributed by atoms with E-state index in [1.165, 1.54) is 0 Å². The van der Waals surface area contributed by atoms with E-state index in [9.17, 15) is 4.79 Å². The Morgan fingerprint density at radius 2 is 2.04 bits per heavy atom. The van der Waals surface area contributed by atoms with Crippen LogP contribution in [0, 0.1) is 6.92 Å². The maximum atomic E-state index is 12.3. The number of carbonyl (C=O) groups is 1. The molecule has 0 aliphatic rings. The fourth-order valence-electron chi connectivity index (χ4n) is 2.17. The molecule has 1 N–H and O–H groups in total. The van der Waals surface area contributed by atoms with Crippen LogP contribution in [0.5, 0.6) is 5.75 Å². The van der Waals surface area contributed by atoms with Gasteiger partial charge in [-0.1, -0.05) is 40.5 Å². The summed E-state index contributed by atoms with van der Waals surface area (Å²) >= 11 is 12.0. The van der Waals surface area contributed by atoms with Gasteiger partial charge in [-0.3, -0.25) is 4.79 Å². The van der Waals surface area contributed by atoms with Gasteiger partial charge in [-0.05, 0) is 36.8 Å². The number of aromatic nitrogens is 1. The molecule has 1 heterocycles. The summed E-state index contributed by atoms with van der Waals surface area (Å²) in [5, 5.41) is 7.42. The topological polar surface area (TPSA) is 64.4 Å². The molecule has 3 rings (SSSR count). The molecule has 7 heteroatoms. The van der Waals surface area contributed by atoms with Crippen LogP contribution in [0.2, 0.25) is 10.0 Å². The van der Waals surface area contributed by atoms with E-state index in [0.29, 0.717) is 32.9 Å². The largest absolute Gasteiger partial charge is 0.487 e. The van der Waals surface area contributed by atoms with Crippen molar-refractivity contribution in [1.29, 1.82) is 0 Å². The molecule has 5 nitrogen and oxygen atoms in total. The van der Waals surface area contributed by atoms with Gasteiger partial charge < -0.3 is 14.6 Å². The van der Waals surface area contributed by atoms with E-state index < -0.39 is 0 Å². The molecule has 1 amide bonds. The number of nitrogens with one attached hydrogen (secondary N) is 1. The number of nitrogens with zero attached hydrogens (tertiary/aromatic N) is 1. The lowest BCUT2D eigenvalue weighted by atomic mass is 10.1. The highest BCUT2D eigenvalue weighted by molar-refractivity contribution is 6.34. The average molecular weight is 377 g/mol. The number of anilines is 1. The molecule has 1 aromatic heterocycles. The highest BCUT2D eigenvalue weighted by Crippen LogP contribution is 2.28. The predicted octanol–water partition coefficient (Wildman–Crippen LogP) is 5.12. The molecule has 0 radical (unpaired) electrons. The summed E-state index contributed by atoms with van der Waals surface area (Å²) in [6.07, 6.45) is 0. The monoisotopic (exact) mass is 376 g/mol. The van der Waals surface area contributed by atoms with Crippen molar-refractivity contribution in [3.63, 3.8) is 0 Å². The summed E-state index contributed by atoms with van der Waals surface area (Å²) in [4.78, 5) is 12.3. The molecule has 25 heavy (non-hydrogen) atoms. The lowest BCUT2D eigenvalue weighted by Crippen LogP contribution is -2.12. The SMILES string of the molecule is Cc1cc(NC(=O)c2cccc(COc3cc(Cl)ccc3Cl)c2)no1. The molecule has 0 saturated heterocycles. The van der Waals surface area contributed by atoms with E-state index in [-0.39, 0.29) is 12.5 Å². The third-order valence-electron chi connectivity index (χ3n) is 3.35. The second-order valence-corrected chi connectivity index (χ2v) is 6.18. The predicted molar refractivity (Wildman–Crippen MR) is 96.4 cm³/mol. The van der Waals surface area contributed by atoms with Crippen LogP contribution >= 0.6 is 23.2 Å². The van der Waals surface area contributed by atoms with Crippen LogP contribution in [0.15, 0.2) is 53.1 Å². The molecule has 0 spiro atoms. The summed E-state index contributed by atoms with van der Waals surface area (Å²) in [7, 11) is 0. The number of hydrogen-bond donors (Lipinski definition) is 1. The Hall–Kier alpha value is -2.50. The van der Waals surface area contributed by atoms with Crippen LogP contribution in [0.3, 0.4) is 0 Å². The number of aryl methyl sites for hydroxylation is 1. The highest BCUT2D eigenvalue weighted by Gasteiger charge is 2.10. The molecule has 0 bridgehead atoms. The third kappa shape index (κ3) is 4.53. The standard InChI is InChI=1S/C18H14Cl2N2O3/c1-11-7-17(22-25-11)21-18(23)13-4-2-3-12(8-13)10-24-16-9-14(19)5-6-15(16)20/h2-9H,10H2,1H3,(H,21,22,23). The minimum absolute atomic E-state index is 0.254. The summed E-state index contributed by atoms with van der Waals surface area (Å²) in [5.41, 5.74) is 1.30. The number of rotatable bonds is 5. The molecule has 2 aromatic carbocycles. The van der Waals surface area contributed by atoms with Crippen molar-refractivity contribution in [2.24, 2.45) is 0 Å². The Morgan fingerprint density at radius 3 is 2.80 bits per heavy atom. The molecule has 3 aromatic rings. The minimum Gasteiger partial charge on any atom is -0.487 e. The first-order valence-electron chi connectivity index (χ1n) is 7.43. The fraction of sp³-hybridized carbons (Fsp3) is 0.111. The number of ether oxygens (including phenoxy) is 1. The number of benzene rings is 2. The van der Waals surface area contributed by atoms with E-state index in [1.54, 1.807) is 49.4 Å². The summed E-state index contributed by atoms with van der Waals surface area (Å²) < 4.78 is 10.6. The van der Waals surface area contributed by atoms with Crippen LogP contribution in [-0.2, 0) is 6.61 Å². The van der Waals surface area contributed by atoms with Gasteiger partial charge in [0.15, 0.2) is 5.82 Å². The van der Waals surface area contributed by atoms with Crippen LogP contribution in [0.4, 0.5) is 5.82 Å². The van der Waals surface area contributed by atoms with Crippen LogP contribution in [0.25, 0.3) is 0 Å². The second kappa shape index (κ2) is 7.59. The second-order valence-electron chi connectivity index (χ2n) is 5.34. The summed E-state index contributed by atoms with van der Waals surface area (Å²) in [6.45, 7) is 2.01. The average Bonchev–Trinajstić information content (AvgIpc) is 3.01. The molecule has 0 fully saturated rings. The first-order chi connectivity index (χ1) is 12.0. The lowest BCUT2D eigenvalue weighted by molar-refractivity contribution is 0.102. The number of hydrogen-bond acceptors (Lipinski definition) is 4. The maximum absolute atomic E-state index is 12.3. The molecule has 0 unspecified atom stereocenters.